The SMILES string of the molecule is CN(C(=O)C1CC2(C1)CS(=O)(=O)C2)[C@@H](c1ccc(N2CCCc3c2cnc2cc(Cl)nn32)cc1)C(F)(F)F. The Morgan fingerprint density at radius 1 is 1.21 bits per heavy atom. The van der Waals surface area contributed by atoms with E-state index in [2.05, 4.69) is 10.1 Å². The number of anilines is 2. The summed E-state index contributed by atoms with van der Waals surface area (Å²) in [5, 5.41) is 4.64. The zero-order valence-electron chi connectivity index (χ0n) is 20.4. The van der Waals surface area contributed by atoms with Crippen molar-refractivity contribution in [1.29, 1.82) is 0 Å². The molecule has 1 amide bonds. The third-order valence-corrected chi connectivity index (χ3v) is 10.2. The minimum atomic E-state index is -4.68. The van der Waals surface area contributed by atoms with Gasteiger partial charge in [0.25, 0.3) is 0 Å². The first-order valence-corrected chi connectivity index (χ1v) is 14.5. The van der Waals surface area contributed by atoms with Crippen molar-refractivity contribution in [3.63, 3.8) is 0 Å². The normalized spacial score (nSPS) is 21.0. The number of amides is 1. The quantitative estimate of drug-likeness (QED) is 0.466. The topological polar surface area (TPSA) is 87.9 Å². The number of aryl methyl sites for hydroxylation is 1. The van der Waals surface area contributed by atoms with Gasteiger partial charge in [-0.15, -0.1) is 0 Å². The van der Waals surface area contributed by atoms with Crippen LogP contribution in [0.2, 0.25) is 5.15 Å². The second-order valence-electron chi connectivity index (χ2n) is 10.7. The molecule has 1 aromatic carbocycles. The minimum absolute atomic E-state index is 0.0196. The van der Waals surface area contributed by atoms with Crippen LogP contribution in [0.25, 0.3) is 5.65 Å². The van der Waals surface area contributed by atoms with Crippen LogP contribution in [0, 0.1) is 11.3 Å². The van der Waals surface area contributed by atoms with Gasteiger partial charge in [-0.2, -0.15) is 18.3 Å². The second kappa shape index (κ2) is 8.57. The zero-order chi connectivity index (χ0) is 27.0. The number of halogens is 4. The van der Waals surface area contributed by atoms with Crippen LogP contribution in [0.1, 0.15) is 36.6 Å². The fourth-order valence-electron chi connectivity index (χ4n) is 6.37. The number of sulfone groups is 1. The van der Waals surface area contributed by atoms with Crippen LogP contribution < -0.4 is 4.90 Å². The summed E-state index contributed by atoms with van der Waals surface area (Å²) in [6.45, 7) is 0.661. The predicted octanol–water partition coefficient (Wildman–Crippen LogP) is 4.35. The van der Waals surface area contributed by atoms with Gasteiger partial charge in [0.05, 0.1) is 29.1 Å². The van der Waals surface area contributed by atoms with Gasteiger partial charge in [-0.25, -0.2) is 17.9 Å². The van der Waals surface area contributed by atoms with E-state index in [1.807, 2.05) is 4.90 Å². The molecule has 2 aliphatic heterocycles. The maximum absolute atomic E-state index is 14.2. The van der Waals surface area contributed by atoms with E-state index < -0.39 is 39.3 Å². The van der Waals surface area contributed by atoms with Crippen molar-refractivity contribution < 1.29 is 26.4 Å². The van der Waals surface area contributed by atoms with E-state index in [1.165, 1.54) is 19.2 Å². The van der Waals surface area contributed by atoms with Crippen LogP contribution in [0.3, 0.4) is 0 Å². The zero-order valence-corrected chi connectivity index (χ0v) is 22.0. The molecule has 4 heterocycles. The molecule has 13 heteroatoms. The first-order valence-electron chi connectivity index (χ1n) is 12.3. The summed E-state index contributed by atoms with van der Waals surface area (Å²) in [6.07, 6.45) is -0.748. The number of aromatic nitrogens is 3. The van der Waals surface area contributed by atoms with E-state index in [0.717, 1.165) is 29.1 Å². The smallest absolute Gasteiger partial charge is 0.339 e. The number of carbonyl (C=O) groups is 1. The van der Waals surface area contributed by atoms with Crippen LogP contribution in [-0.2, 0) is 21.1 Å². The third-order valence-electron chi connectivity index (χ3n) is 7.94. The molecule has 0 unspecified atom stereocenters. The highest BCUT2D eigenvalue weighted by atomic mass is 35.5. The monoisotopic (exact) mass is 567 g/mol. The molecule has 6 rings (SSSR count). The van der Waals surface area contributed by atoms with Gasteiger partial charge in [-0.1, -0.05) is 23.7 Å². The van der Waals surface area contributed by atoms with E-state index in [1.54, 1.807) is 28.9 Å². The maximum atomic E-state index is 14.2. The lowest BCUT2D eigenvalue weighted by Gasteiger charge is -2.53. The molecule has 0 bridgehead atoms. The molecule has 0 N–H and O–H groups in total. The van der Waals surface area contributed by atoms with Gasteiger partial charge < -0.3 is 9.80 Å². The minimum Gasteiger partial charge on any atom is -0.339 e. The van der Waals surface area contributed by atoms with Crippen molar-refractivity contribution in [3.8, 4) is 0 Å². The Bertz CT molecular complexity index is 1520. The van der Waals surface area contributed by atoms with Gasteiger partial charge in [0.15, 0.2) is 26.7 Å². The number of rotatable bonds is 4. The van der Waals surface area contributed by atoms with Crippen LogP contribution in [0.15, 0.2) is 36.5 Å². The fourth-order valence-corrected chi connectivity index (χ4v) is 8.79. The number of carbonyl (C=O) groups excluding carboxylic acids is 1. The van der Waals surface area contributed by atoms with Crippen LogP contribution >= 0.6 is 11.6 Å². The predicted molar refractivity (Wildman–Crippen MR) is 135 cm³/mol. The summed E-state index contributed by atoms with van der Waals surface area (Å²) in [4.78, 5) is 20.1. The van der Waals surface area contributed by atoms with E-state index in [9.17, 15) is 26.4 Å². The molecule has 0 radical (unpaired) electrons. The molecule has 3 aromatic rings. The van der Waals surface area contributed by atoms with E-state index in [4.69, 9.17) is 11.6 Å². The molecule has 2 aromatic heterocycles. The Kier molecular flexibility index (Phi) is 5.73. The van der Waals surface area contributed by atoms with Crippen LogP contribution in [-0.4, -0.2) is 65.1 Å². The van der Waals surface area contributed by atoms with Crippen molar-refractivity contribution in [2.45, 2.75) is 37.9 Å². The number of fused-ring (bicyclic) bond motifs is 3. The van der Waals surface area contributed by atoms with Crippen molar-refractivity contribution in [2.75, 3.05) is 30.0 Å². The molecule has 1 aliphatic carbocycles. The lowest BCUT2D eigenvalue weighted by Crippen LogP contribution is -2.59. The summed E-state index contributed by atoms with van der Waals surface area (Å²) in [6, 6.07) is 5.62. The number of benzene rings is 1. The summed E-state index contributed by atoms with van der Waals surface area (Å²) in [7, 11) is -1.90. The van der Waals surface area contributed by atoms with Gasteiger partial charge in [-0.05, 0) is 48.8 Å². The number of hydrogen-bond donors (Lipinski definition) is 0. The Hall–Kier alpha value is -2.86. The molecule has 8 nitrogen and oxygen atoms in total. The number of nitrogens with zero attached hydrogens (tertiary/aromatic N) is 5. The molecule has 38 heavy (non-hydrogen) atoms. The van der Waals surface area contributed by atoms with Gasteiger partial charge in [0, 0.05) is 31.3 Å². The Morgan fingerprint density at radius 3 is 2.53 bits per heavy atom. The van der Waals surface area contributed by atoms with E-state index in [0.29, 0.717) is 35.9 Å². The van der Waals surface area contributed by atoms with E-state index in [-0.39, 0.29) is 17.1 Å². The molecule has 1 saturated carbocycles. The van der Waals surface area contributed by atoms with Gasteiger partial charge in [0.1, 0.15) is 0 Å². The highest BCUT2D eigenvalue weighted by Gasteiger charge is 2.59. The summed E-state index contributed by atoms with van der Waals surface area (Å²) in [5.74, 6) is -1.16. The molecular weight excluding hydrogens is 543 g/mol. The van der Waals surface area contributed by atoms with E-state index >= 15 is 0 Å². The summed E-state index contributed by atoms with van der Waals surface area (Å²) < 4.78 is 67.4. The Morgan fingerprint density at radius 2 is 1.89 bits per heavy atom. The Balaban J connectivity index is 1.23. The molecule has 2 fully saturated rings. The Labute approximate surface area is 222 Å². The lowest BCUT2D eigenvalue weighted by atomic mass is 9.63. The molecule has 1 atom stereocenters. The lowest BCUT2D eigenvalue weighted by molar-refractivity contribution is -0.193. The highest BCUT2D eigenvalue weighted by Crippen LogP contribution is 2.54. The first-order chi connectivity index (χ1) is 17.9. The molecule has 1 spiro atoms. The average Bonchev–Trinajstić information content (AvgIpc) is 3.20. The van der Waals surface area contributed by atoms with Crippen molar-refractivity contribution >= 4 is 44.4 Å². The fraction of sp³-hybridized carbons (Fsp3) is 0.480. The third kappa shape index (κ3) is 4.21. The van der Waals surface area contributed by atoms with Gasteiger partial charge in [0.2, 0.25) is 5.91 Å². The van der Waals surface area contributed by atoms with Crippen molar-refractivity contribution in [3.05, 3.63) is 52.9 Å². The largest absolute Gasteiger partial charge is 0.413 e. The van der Waals surface area contributed by atoms with Crippen LogP contribution in [0.5, 0.6) is 0 Å². The summed E-state index contributed by atoms with van der Waals surface area (Å²) in [5.41, 5.74) is 2.60. The first kappa shape index (κ1) is 25.4. The highest BCUT2D eigenvalue weighted by molar-refractivity contribution is 7.92. The number of hydrogen-bond acceptors (Lipinski definition) is 6. The summed E-state index contributed by atoms with van der Waals surface area (Å²) >= 11 is 6.05. The number of alkyl halides is 3. The molecular formula is C25H25ClF3N5O3S. The average molecular weight is 568 g/mol. The second-order valence-corrected chi connectivity index (χ2v) is 13.2. The van der Waals surface area contributed by atoms with Crippen molar-refractivity contribution in [1.82, 2.24) is 19.5 Å². The molecule has 202 valence electrons. The van der Waals surface area contributed by atoms with Crippen LogP contribution in [0.4, 0.5) is 24.5 Å². The molecule has 1 saturated heterocycles. The van der Waals surface area contributed by atoms with Crippen molar-refractivity contribution in [2.24, 2.45) is 11.3 Å². The maximum Gasteiger partial charge on any atom is 0.413 e. The standard InChI is InChI=1S/C25H25ClF3N5O3S/c1-32(23(35)16-10-24(11-16)13-38(36,37)14-24)22(25(27,28)29)15-4-6-17(7-5-15)33-8-2-3-18-19(33)12-30-21-9-20(26)31-34(18)21/h4-7,9,12,16,22H,2-3,8,10-11,13-14H2,1H3/t22-/m0/s1. The van der Waals surface area contributed by atoms with Gasteiger partial charge in [-0.3, -0.25) is 4.79 Å². The van der Waals surface area contributed by atoms with Gasteiger partial charge >= 0.3 is 6.18 Å². The molecule has 3 aliphatic rings.